The number of nitrogens with zero attached hydrogens (tertiary/aromatic N) is 2. The predicted molar refractivity (Wildman–Crippen MR) is 45.2 cm³/mol. The average Bonchev–Trinajstić information content (AvgIpc) is 2.30. The van der Waals surface area contributed by atoms with Gasteiger partial charge in [0.2, 0.25) is 0 Å². The average molecular weight is 153 g/mol. The molecule has 0 fully saturated rings. The molecule has 0 aliphatic carbocycles. The van der Waals surface area contributed by atoms with Crippen LogP contribution < -0.4 is 5.73 Å². The standard InChI is InChI=1S/C8H15N3/c1-6(2)8-7(4-9)5-11(3)10-8/h5-6H,4,9H2,1-3H3. The Balaban J connectivity index is 3.02. The van der Waals surface area contributed by atoms with Gasteiger partial charge < -0.3 is 5.73 Å². The number of aryl methyl sites for hydroxylation is 1. The molecule has 3 nitrogen and oxygen atoms in total. The lowest BCUT2D eigenvalue weighted by Crippen LogP contribution is -2.00. The van der Waals surface area contributed by atoms with Crippen molar-refractivity contribution in [3.63, 3.8) is 0 Å². The van der Waals surface area contributed by atoms with Crippen LogP contribution in [0.2, 0.25) is 0 Å². The van der Waals surface area contributed by atoms with E-state index in [0.29, 0.717) is 12.5 Å². The van der Waals surface area contributed by atoms with Crippen molar-refractivity contribution in [2.24, 2.45) is 12.8 Å². The largest absolute Gasteiger partial charge is 0.326 e. The molecule has 1 rings (SSSR count). The third-order valence-electron chi connectivity index (χ3n) is 1.70. The molecular weight excluding hydrogens is 138 g/mol. The quantitative estimate of drug-likeness (QED) is 0.689. The van der Waals surface area contributed by atoms with Gasteiger partial charge in [-0.05, 0) is 5.92 Å². The summed E-state index contributed by atoms with van der Waals surface area (Å²) in [6, 6.07) is 0. The molecule has 1 heterocycles. The summed E-state index contributed by atoms with van der Waals surface area (Å²) >= 11 is 0. The van der Waals surface area contributed by atoms with Crippen LogP contribution in [-0.4, -0.2) is 9.78 Å². The minimum Gasteiger partial charge on any atom is -0.326 e. The molecule has 0 radical (unpaired) electrons. The molecule has 0 bridgehead atoms. The van der Waals surface area contributed by atoms with Crippen LogP contribution >= 0.6 is 0 Å². The molecule has 0 amide bonds. The maximum absolute atomic E-state index is 5.55. The van der Waals surface area contributed by atoms with Crippen LogP contribution in [0.3, 0.4) is 0 Å². The van der Waals surface area contributed by atoms with Crippen molar-refractivity contribution in [1.29, 1.82) is 0 Å². The minimum absolute atomic E-state index is 0.467. The Morgan fingerprint density at radius 2 is 2.27 bits per heavy atom. The molecular formula is C8H15N3. The molecule has 0 unspecified atom stereocenters. The molecule has 62 valence electrons. The number of aromatic nitrogens is 2. The van der Waals surface area contributed by atoms with Gasteiger partial charge in [0.05, 0.1) is 5.69 Å². The van der Waals surface area contributed by atoms with Crippen molar-refractivity contribution in [3.8, 4) is 0 Å². The highest BCUT2D eigenvalue weighted by molar-refractivity contribution is 5.19. The zero-order valence-electron chi connectivity index (χ0n) is 7.33. The van der Waals surface area contributed by atoms with E-state index in [1.165, 1.54) is 0 Å². The predicted octanol–water partition coefficient (Wildman–Crippen LogP) is 1.00. The molecule has 0 saturated carbocycles. The van der Waals surface area contributed by atoms with E-state index >= 15 is 0 Å². The Morgan fingerprint density at radius 1 is 1.64 bits per heavy atom. The molecule has 3 heteroatoms. The maximum atomic E-state index is 5.55. The van der Waals surface area contributed by atoms with Gasteiger partial charge in [-0.15, -0.1) is 0 Å². The third kappa shape index (κ3) is 1.60. The van der Waals surface area contributed by atoms with Crippen molar-refractivity contribution in [3.05, 3.63) is 17.5 Å². The first-order chi connectivity index (χ1) is 5.15. The zero-order valence-corrected chi connectivity index (χ0v) is 7.33. The van der Waals surface area contributed by atoms with Gasteiger partial charge in [-0.1, -0.05) is 13.8 Å². The van der Waals surface area contributed by atoms with Crippen LogP contribution in [0.5, 0.6) is 0 Å². The van der Waals surface area contributed by atoms with E-state index in [9.17, 15) is 0 Å². The number of rotatable bonds is 2. The van der Waals surface area contributed by atoms with Crippen molar-refractivity contribution >= 4 is 0 Å². The van der Waals surface area contributed by atoms with E-state index in [2.05, 4.69) is 18.9 Å². The Kier molecular flexibility index (Phi) is 2.29. The molecule has 0 atom stereocenters. The molecule has 11 heavy (non-hydrogen) atoms. The molecule has 1 aromatic rings. The van der Waals surface area contributed by atoms with Crippen molar-refractivity contribution in [1.82, 2.24) is 9.78 Å². The monoisotopic (exact) mass is 153 g/mol. The van der Waals surface area contributed by atoms with E-state index in [4.69, 9.17) is 5.73 Å². The summed E-state index contributed by atoms with van der Waals surface area (Å²) < 4.78 is 1.82. The molecule has 1 aromatic heterocycles. The number of hydrogen-bond acceptors (Lipinski definition) is 2. The van der Waals surface area contributed by atoms with Crippen LogP contribution in [0.1, 0.15) is 31.0 Å². The maximum Gasteiger partial charge on any atom is 0.0694 e. The second-order valence-electron chi connectivity index (χ2n) is 3.07. The topological polar surface area (TPSA) is 43.8 Å². The zero-order chi connectivity index (χ0) is 8.43. The van der Waals surface area contributed by atoms with Gasteiger partial charge in [-0.2, -0.15) is 5.10 Å². The highest BCUT2D eigenvalue weighted by Crippen LogP contribution is 2.15. The Morgan fingerprint density at radius 3 is 2.64 bits per heavy atom. The first-order valence-electron chi connectivity index (χ1n) is 3.87. The smallest absolute Gasteiger partial charge is 0.0694 e. The second-order valence-corrected chi connectivity index (χ2v) is 3.07. The summed E-state index contributed by atoms with van der Waals surface area (Å²) in [5, 5.41) is 4.32. The third-order valence-corrected chi connectivity index (χ3v) is 1.70. The number of hydrogen-bond donors (Lipinski definition) is 1. The lowest BCUT2D eigenvalue weighted by Gasteiger charge is -2.01. The molecule has 2 N–H and O–H groups in total. The van der Waals surface area contributed by atoms with Crippen LogP contribution in [0.25, 0.3) is 0 Å². The van der Waals surface area contributed by atoms with Crippen LogP contribution in [0, 0.1) is 0 Å². The van der Waals surface area contributed by atoms with Crippen LogP contribution in [-0.2, 0) is 13.6 Å². The van der Waals surface area contributed by atoms with E-state index in [0.717, 1.165) is 11.3 Å². The highest BCUT2D eigenvalue weighted by atomic mass is 15.3. The van der Waals surface area contributed by atoms with E-state index in [1.54, 1.807) is 0 Å². The molecule has 0 aromatic carbocycles. The van der Waals surface area contributed by atoms with Gasteiger partial charge in [0.25, 0.3) is 0 Å². The summed E-state index contributed by atoms with van der Waals surface area (Å²) in [6.07, 6.45) is 1.98. The summed E-state index contributed by atoms with van der Waals surface area (Å²) in [6.45, 7) is 4.84. The van der Waals surface area contributed by atoms with Crippen LogP contribution in [0.4, 0.5) is 0 Å². The Bertz CT molecular complexity index is 237. The lowest BCUT2D eigenvalue weighted by molar-refractivity contribution is 0.711. The molecule has 0 aliphatic rings. The van der Waals surface area contributed by atoms with Gasteiger partial charge >= 0.3 is 0 Å². The van der Waals surface area contributed by atoms with Crippen molar-refractivity contribution in [2.45, 2.75) is 26.3 Å². The summed E-state index contributed by atoms with van der Waals surface area (Å²) in [5.41, 5.74) is 7.82. The van der Waals surface area contributed by atoms with Crippen molar-refractivity contribution in [2.75, 3.05) is 0 Å². The highest BCUT2D eigenvalue weighted by Gasteiger charge is 2.08. The first kappa shape index (κ1) is 8.27. The number of nitrogens with two attached hydrogens (primary N) is 1. The van der Waals surface area contributed by atoms with Crippen molar-refractivity contribution < 1.29 is 0 Å². The summed E-state index contributed by atoms with van der Waals surface area (Å²) in [5.74, 6) is 0.467. The van der Waals surface area contributed by atoms with E-state index in [-0.39, 0.29) is 0 Å². The Hall–Kier alpha value is -0.830. The fourth-order valence-electron chi connectivity index (χ4n) is 1.20. The molecule has 0 saturated heterocycles. The Labute approximate surface area is 67.2 Å². The summed E-state index contributed by atoms with van der Waals surface area (Å²) in [4.78, 5) is 0. The van der Waals surface area contributed by atoms with Gasteiger partial charge in [0, 0.05) is 25.4 Å². The van der Waals surface area contributed by atoms with Gasteiger partial charge in [-0.3, -0.25) is 4.68 Å². The lowest BCUT2D eigenvalue weighted by atomic mass is 10.1. The second kappa shape index (κ2) is 3.05. The SMILES string of the molecule is CC(C)c1nn(C)cc1CN. The van der Waals surface area contributed by atoms with Gasteiger partial charge in [-0.25, -0.2) is 0 Å². The molecule has 0 aliphatic heterocycles. The minimum atomic E-state index is 0.467. The van der Waals surface area contributed by atoms with Crippen LogP contribution in [0.15, 0.2) is 6.20 Å². The molecule has 0 spiro atoms. The van der Waals surface area contributed by atoms with Gasteiger partial charge in [0.1, 0.15) is 0 Å². The fourth-order valence-corrected chi connectivity index (χ4v) is 1.20. The van der Waals surface area contributed by atoms with Gasteiger partial charge in [0.15, 0.2) is 0 Å². The summed E-state index contributed by atoms with van der Waals surface area (Å²) in [7, 11) is 1.92. The normalized spacial score (nSPS) is 11.0. The first-order valence-corrected chi connectivity index (χ1v) is 3.87. The fraction of sp³-hybridized carbons (Fsp3) is 0.625. The van der Waals surface area contributed by atoms with E-state index in [1.807, 2.05) is 17.9 Å². The van der Waals surface area contributed by atoms with E-state index < -0.39 is 0 Å².